The fraction of sp³-hybridized carbons (Fsp3) is 0.308. The summed E-state index contributed by atoms with van der Waals surface area (Å²) in [6, 6.07) is 9.71. The largest absolute Gasteiger partial charge is 0.489 e. The standard InChI is InChI=1S/C26H26N4O2/c1-17-24(15-28-18(2)29-17)32-16-26(20-8-4-3-5-9-20)14-22(26)25(31)30-21-10-11-23-19(13-21)7-6-12-27-23/h3-8,10-13,15,20,22H,9,14,16H2,1-2H3,(H,30,31)/t20?,22-,26+/m0/s1. The molecule has 0 saturated heterocycles. The van der Waals surface area contributed by atoms with E-state index in [0.717, 1.165) is 41.0 Å². The van der Waals surface area contributed by atoms with Gasteiger partial charge < -0.3 is 10.1 Å². The molecule has 2 aliphatic carbocycles. The van der Waals surface area contributed by atoms with E-state index in [4.69, 9.17) is 4.74 Å². The van der Waals surface area contributed by atoms with Crippen LogP contribution in [0.3, 0.4) is 0 Å². The first-order valence-corrected chi connectivity index (χ1v) is 11.0. The predicted octanol–water partition coefficient (Wildman–Crippen LogP) is 4.80. The number of ether oxygens (including phenoxy) is 1. The van der Waals surface area contributed by atoms with Crippen molar-refractivity contribution in [1.82, 2.24) is 15.0 Å². The molecule has 2 heterocycles. The van der Waals surface area contributed by atoms with E-state index in [1.807, 2.05) is 44.2 Å². The fourth-order valence-electron chi connectivity index (χ4n) is 4.67. The Morgan fingerprint density at radius 3 is 2.94 bits per heavy atom. The molecule has 6 heteroatoms. The first kappa shape index (κ1) is 20.4. The highest BCUT2D eigenvalue weighted by atomic mass is 16.5. The van der Waals surface area contributed by atoms with E-state index in [9.17, 15) is 4.79 Å². The van der Waals surface area contributed by atoms with Gasteiger partial charge in [-0.1, -0.05) is 30.4 Å². The van der Waals surface area contributed by atoms with Crippen molar-refractivity contribution in [2.75, 3.05) is 11.9 Å². The van der Waals surface area contributed by atoms with Crippen molar-refractivity contribution in [3.63, 3.8) is 0 Å². The molecule has 0 spiro atoms. The van der Waals surface area contributed by atoms with Crippen LogP contribution in [0.2, 0.25) is 0 Å². The van der Waals surface area contributed by atoms with Gasteiger partial charge >= 0.3 is 0 Å². The van der Waals surface area contributed by atoms with Crippen molar-refractivity contribution in [2.45, 2.75) is 26.7 Å². The van der Waals surface area contributed by atoms with Crippen LogP contribution in [0.15, 0.2) is 67.0 Å². The highest BCUT2D eigenvalue weighted by Crippen LogP contribution is 2.60. The number of anilines is 1. The molecule has 0 bridgehead atoms. The van der Waals surface area contributed by atoms with Crippen molar-refractivity contribution >= 4 is 22.5 Å². The van der Waals surface area contributed by atoms with Crippen molar-refractivity contribution in [3.05, 3.63) is 78.5 Å². The van der Waals surface area contributed by atoms with Gasteiger partial charge in [0.1, 0.15) is 5.82 Å². The van der Waals surface area contributed by atoms with Crippen LogP contribution in [0.1, 0.15) is 24.4 Å². The first-order valence-electron chi connectivity index (χ1n) is 11.0. The van der Waals surface area contributed by atoms with Gasteiger partial charge in [-0.2, -0.15) is 0 Å². The lowest BCUT2D eigenvalue weighted by Crippen LogP contribution is -2.29. The predicted molar refractivity (Wildman–Crippen MR) is 124 cm³/mol. The summed E-state index contributed by atoms with van der Waals surface area (Å²) in [6.07, 6.45) is 13.7. The van der Waals surface area contributed by atoms with Crippen LogP contribution in [0.5, 0.6) is 5.75 Å². The number of hydrogen-bond acceptors (Lipinski definition) is 5. The lowest BCUT2D eigenvalue weighted by Gasteiger charge is -2.26. The Morgan fingerprint density at radius 1 is 1.22 bits per heavy atom. The average molecular weight is 427 g/mol. The molecule has 1 fully saturated rings. The van der Waals surface area contributed by atoms with E-state index in [0.29, 0.717) is 12.4 Å². The molecule has 1 N–H and O–H groups in total. The Balaban J connectivity index is 1.34. The highest BCUT2D eigenvalue weighted by Gasteiger charge is 2.62. The minimum atomic E-state index is -0.235. The van der Waals surface area contributed by atoms with Gasteiger partial charge in [0.25, 0.3) is 0 Å². The molecule has 1 unspecified atom stereocenters. The monoisotopic (exact) mass is 426 g/mol. The zero-order valence-corrected chi connectivity index (χ0v) is 18.3. The van der Waals surface area contributed by atoms with Crippen molar-refractivity contribution in [2.24, 2.45) is 17.3 Å². The van der Waals surface area contributed by atoms with Gasteiger partial charge in [-0.15, -0.1) is 0 Å². The number of nitrogens with zero attached hydrogens (tertiary/aromatic N) is 3. The molecule has 1 amide bonds. The molecule has 1 aromatic carbocycles. The zero-order valence-electron chi connectivity index (χ0n) is 18.3. The number of aromatic nitrogens is 3. The second kappa shape index (κ2) is 8.19. The van der Waals surface area contributed by atoms with Gasteiger partial charge in [-0.25, -0.2) is 9.97 Å². The Kier molecular flexibility index (Phi) is 5.21. The fourth-order valence-corrected chi connectivity index (χ4v) is 4.67. The highest BCUT2D eigenvalue weighted by molar-refractivity contribution is 5.97. The molecule has 5 rings (SSSR count). The van der Waals surface area contributed by atoms with Gasteiger partial charge in [0.2, 0.25) is 5.91 Å². The van der Waals surface area contributed by atoms with Crippen molar-refractivity contribution in [3.8, 4) is 5.75 Å². The van der Waals surface area contributed by atoms with Gasteiger partial charge in [0.05, 0.1) is 24.0 Å². The summed E-state index contributed by atoms with van der Waals surface area (Å²) in [7, 11) is 0. The maximum Gasteiger partial charge on any atom is 0.228 e. The number of carbonyl (C=O) groups excluding carboxylic acids is 1. The number of allylic oxidation sites excluding steroid dienone is 4. The maximum absolute atomic E-state index is 13.2. The van der Waals surface area contributed by atoms with Crippen LogP contribution in [-0.2, 0) is 4.79 Å². The third-order valence-electron chi connectivity index (χ3n) is 6.58. The quantitative estimate of drug-likeness (QED) is 0.613. The smallest absolute Gasteiger partial charge is 0.228 e. The molecule has 6 nitrogen and oxygen atoms in total. The van der Waals surface area contributed by atoms with E-state index in [1.165, 1.54) is 0 Å². The number of benzene rings is 1. The lowest BCUT2D eigenvalue weighted by molar-refractivity contribution is -0.118. The molecule has 0 aliphatic heterocycles. The summed E-state index contributed by atoms with van der Waals surface area (Å²) < 4.78 is 6.19. The topological polar surface area (TPSA) is 77.0 Å². The molecule has 3 aromatic rings. The SMILES string of the molecule is Cc1ncc(OC[C@@]2(C3C=CC=CC3)C[C@H]2C(=O)Nc2ccc3ncccc3c2)c(C)n1. The summed E-state index contributed by atoms with van der Waals surface area (Å²) in [5.74, 6) is 1.59. The van der Waals surface area contributed by atoms with E-state index < -0.39 is 0 Å². The third kappa shape index (κ3) is 3.88. The molecule has 162 valence electrons. The van der Waals surface area contributed by atoms with Gasteiger partial charge in [0, 0.05) is 28.6 Å². The summed E-state index contributed by atoms with van der Waals surface area (Å²) in [6.45, 7) is 4.25. The second-order valence-electron chi connectivity index (χ2n) is 8.70. The summed E-state index contributed by atoms with van der Waals surface area (Å²) in [4.78, 5) is 26.2. The number of carbonyl (C=O) groups is 1. The summed E-state index contributed by atoms with van der Waals surface area (Å²) in [5, 5.41) is 4.12. The van der Waals surface area contributed by atoms with E-state index in [2.05, 4.69) is 44.6 Å². The molecule has 3 atom stereocenters. The Morgan fingerprint density at radius 2 is 2.12 bits per heavy atom. The minimum Gasteiger partial charge on any atom is -0.489 e. The molecular weight excluding hydrogens is 400 g/mol. The Bertz CT molecular complexity index is 1240. The van der Waals surface area contributed by atoms with Crippen LogP contribution in [-0.4, -0.2) is 27.5 Å². The van der Waals surface area contributed by atoms with Crippen LogP contribution in [0, 0.1) is 31.1 Å². The summed E-state index contributed by atoms with van der Waals surface area (Å²) >= 11 is 0. The number of rotatable bonds is 6. The molecule has 32 heavy (non-hydrogen) atoms. The lowest BCUT2D eigenvalue weighted by atomic mass is 9.82. The molecule has 2 aliphatic rings. The number of aryl methyl sites for hydroxylation is 2. The molecule has 0 radical (unpaired) electrons. The van der Waals surface area contributed by atoms with Crippen molar-refractivity contribution < 1.29 is 9.53 Å². The Hall–Kier alpha value is -3.54. The van der Waals surface area contributed by atoms with E-state index in [-0.39, 0.29) is 23.2 Å². The van der Waals surface area contributed by atoms with Crippen LogP contribution < -0.4 is 10.1 Å². The second-order valence-corrected chi connectivity index (χ2v) is 8.70. The van der Waals surface area contributed by atoms with Gasteiger partial charge in [0.15, 0.2) is 5.75 Å². The number of pyridine rings is 1. The average Bonchev–Trinajstić information content (AvgIpc) is 3.55. The van der Waals surface area contributed by atoms with Crippen LogP contribution >= 0.6 is 0 Å². The normalized spacial score (nSPS) is 23.8. The summed E-state index contributed by atoms with van der Waals surface area (Å²) in [5.41, 5.74) is 2.29. The van der Waals surface area contributed by atoms with Gasteiger partial charge in [-0.3, -0.25) is 9.78 Å². The number of nitrogens with one attached hydrogen (secondary N) is 1. The third-order valence-corrected chi connectivity index (χ3v) is 6.58. The number of amides is 1. The maximum atomic E-state index is 13.2. The first-order chi connectivity index (χ1) is 15.5. The van der Waals surface area contributed by atoms with Gasteiger partial charge in [-0.05, 0) is 56.9 Å². The molecule has 2 aromatic heterocycles. The van der Waals surface area contributed by atoms with Crippen LogP contribution in [0.25, 0.3) is 10.9 Å². The van der Waals surface area contributed by atoms with Crippen molar-refractivity contribution in [1.29, 1.82) is 0 Å². The van der Waals surface area contributed by atoms with E-state index in [1.54, 1.807) is 12.4 Å². The van der Waals surface area contributed by atoms with E-state index >= 15 is 0 Å². The zero-order chi connectivity index (χ0) is 22.1. The molecule has 1 saturated carbocycles. The molecular formula is C26H26N4O2. The van der Waals surface area contributed by atoms with Crippen LogP contribution in [0.4, 0.5) is 5.69 Å². The Labute approximate surface area is 187 Å². The number of hydrogen-bond donors (Lipinski definition) is 1. The number of fused-ring (bicyclic) bond motifs is 1. The minimum absolute atomic E-state index is 0.0386.